The van der Waals surface area contributed by atoms with E-state index in [4.69, 9.17) is 28.4 Å². The van der Waals surface area contributed by atoms with Crippen LogP contribution in [-0.2, 0) is 33.2 Å². The van der Waals surface area contributed by atoms with E-state index < -0.39 is 36.3 Å². The molecule has 12 atom stereocenters. The first kappa shape index (κ1) is 25.8. The van der Waals surface area contributed by atoms with Crippen molar-refractivity contribution in [2.24, 2.45) is 23.2 Å². The Morgan fingerprint density at radius 2 is 2.00 bits per heavy atom. The van der Waals surface area contributed by atoms with Gasteiger partial charge in [0, 0.05) is 20.5 Å². The van der Waals surface area contributed by atoms with Gasteiger partial charge in [-0.25, -0.2) is 0 Å². The van der Waals surface area contributed by atoms with Gasteiger partial charge < -0.3 is 38.6 Å². The largest absolute Gasteiger partial charge is 0.469 e. The fourth-order valence-electron chi connectivity index (χ4n) is 7.88. The molecule has 0 aromatic carbocycles. The van der Waals surface area contributed by atoms with Crippen molar-refractivity contribution in [1.82, 2.24) is 0 Å². The lowest BCUT2D eigenvalue weighted by molar-refractivity contribution is -0.265. The van der Waals surface area contributed by atoms with Gasteiger partial charge in [-0.05, 0) is 55.9 Å². The van der Waals surface area contributed by atoms with Crippen LogP contribution in [0.2, 0.25) is 0 Å². The van der Waals surface area contributed by atoms with Gasteiger partial charge in [0.15, 0.2) is 6.29 Å². The molecule has 0 spiro atoms. The molecule has 0 aromatic heterocycles. The molecule has 2 aliphatic carbocycles. The standard InChI is InChI=1S/C28H40O9/c1-14-25(30)20(32-4)11-22(35-14)36-17-7-8-27(2)16(9-17)10-19(29)23-18(27)6-5-15-12-33-28(3)24(15)21(13-34-28)37-26(23)31/h10,12,14,17-25,29-30H,5-9,11,13H2,1-4H3. The number of hydrogen-bond donors (Lipinski definition) is 2. The Kier molecular flexibility index (Phi) is 6.49. The van der Waals surface area contributed by atoms with Crippen LogP contribution in [0, 0.1) is 23.2 Å². The van der Waals surface area contributed by atoms with Crippen molar-refractivity contribution in [1.29, 1.82) is 0 Å². The lowest BCUT2D eigenvalue weighted by atomic mass is 9.55. The number of methoxy groups -OCH3 is 1. The van der Waals surface area contributed by atoms with Gasteiger partial charge in [0.05, 0.1) is 49.1 Å². The third-order valence-electron chi connectivity index (χ3n) is 10.1. The predicted molar refractivity (Wildman–Crippen MR) is 130 cm³/mol. The van der Waals surface area contributed by atoms with Gasteiger partial charge in [-0.1, -0.05) is 18.6 Å². The normalized spacial score (nSPS) is 51.2. The van der Waals surface area contributed by atoms with Crippen molar-refractivity contribution in [3.8, 4) is 0 Å². The van der Waals surface area contributed by atoms with E-state index >= 15 is 0 Å². The number of esters is 1. The number of aliphatic hydroxyl groups excluding tert-OH is 2. The van der Waals surface area contributed by atoms with Crippen LogP contribution in [0.3, 0.4) is 0 Å². The third-order valence-corrected chi connectivity index (χ3v) is 10.1. The summed E-state index contributed by atoms with van der Waals surface area (Å²) in [6, 6.07) is 0. The van der Waals surface area contributed by atoms with Crippen LogP contribution in [0.25, 0.3) is 0 Å². The SMILES string of the molecule is COC1CC(OC2CCC3(C)C(=CC(O)C4C(=O)OC5COC6(C)OC=C(CCC43)C56)C2)OC(C)C1O. The quantitative estimate of drug-likeness (QED) is 0.428. The van der Waals surface area contributed by atoms with E-state index in [1.807, 2.05) is 19.9 Å². The van der Waals surface area contributed by atoms with Crippen LogP contribution in [0.4, 0.5) is 0 Å². The average molecular weight is 521 g/mol. The molecule has 2 N–H and O–H groups in total. The smallest absolute Gasteiger partial charge is 0.312 e. The Morgan fingerprint density at radius 3 is 2.78 bits per heavy atom. The van der Waals surface area contributed by atoms with Crippen molar-refractivity contribution >= 4 is 5.97 Å². The molecule has 0 aromatic rings. The van der Waals surface area contributed by atoms with Gasteiger partial charge in [-0.2, -0.15) is 0 Å². The molecule has 3 saturated heterocycles. The molecule has 0 bridgehead atoms. The van der Waals surface area contributed by atoms with Gasteiger partial charge in [-0.15, -0.1) is 0 Å². The van der Waals surface area contributed by atoms with Crippen LogP contribution in [-0.4, -0.2) is 78.6 Å². The second-order valence-corrected chi connectivity index (χ2v) is 12.1. The second-order valence-electron chi connectivity index (χ2n) is 12.1. The number of fused-ring (bicyclic) bond motifs is 3. The van der Waals surface area contributed by atoms with Gasteiger partial charge in [0.2, 0.25) is 5.79 Å². The summed E-state index contributed by atoms with van der Waals surface area (Å²) in [6.45, 7) is 6.27. The Morgan fingerprint density at radius 1 is 1.19 bits per heavy atom. The number of aliphatic hydroxyl groups is 2. The summed E-state index contributed by atoms with van der Waals surface area (Å²) in [4.78, 5) is 13.5. The second kappa shape index (κ2) is 9.31. The van der Waals surface area contributed by atoms with Crippen molar-refractivity contribution in [2.45, 2.75) is 108 Å². The Labute approximate surface area is 218 Å². The van der Waals surface area contributed by atoms with Gasteiger partial charge >= 0.3 is 5.97 Å². The summed E-state index contributed by atoms with van der Waals surface area (Å²) in [7, 11) is 1.59. The minimum absolute atomic E-state index is 0.0533. The minimum Gasteiger partial charge on any atom is -0.469 e. The Balaban J connectivity index is 1.21. The summed E-state index contributed by atoms with van der Waals surface area (Å²) < 4.78 is 35.5. The number of hydrogen-bond acceptors (Lipinski definition) is 9. The number of ether oxygens (including phenoxy) is 6. The Bertz CT molecular complexity index is 979. The molecule has 9 heteroatoms. The summed E-state index contributed by atoms with van der Waals surface area (Å²) >= 11 is 0. The van der Waals surface area contributed by atoms with E-state index in [0.717, 1.165) is 36.8 Å². The molecule has 37 heavy (non-hydrogen) atoms. The van der Waals surface area contributed by atoms with Crippen molar-refractivity contribution in [3.63, 3.8) is 0 Å². The first-order valence-electron chi connectivity index (χ1n) is 13.7. The molecule has 206 valence electrons. The predicted octanol–water partition coefficient (Wildman–Crippen LogP) is 2.59. The van der Waals surface area contributed by atoms with Crippen LogP contribution >= 0.6 is 0 Å². The van der Waals surface area contributed by atoms with E-state index in [-0.39, 0.29) is 41.5 Å². The molecule has 6 aliphatic rings. The van der Waals surface area contributed by atoms with E-state index in [0.29, 0.717) is 19.4 Å². The van der Waals surface area contributed by atoms with E-state index in [1.165, 1.54) is 0 Å². The fraction of sp³-hybridized carbons (Fsp3) is 0.821. The van der Waals surface area contributed by atoms with Crippen LogP contribution in [0.5, 0.6) is 0 Å². The molecule has 1 saturated carbocycles. The molecule has 4 heterocycles. The Hall–Kier alpha value is -1.49. The fourth-order valence-corrected chi connectivity index (χ4v) is 7.88. The maximum Gasteiger partial charge on any atom is 0.312 e. The molecule has 12 unspecified atom stereocenters. The van der Waals surface area contributed by atoms with Crippen molar-refractivity contribution < 1.29 is 43.4 Å². The highest BCUT2D eigenvalue weighted by molar-refractivity contribution is 5.75. The minimum atomic E-state index is -0.907. The van der Waals surface area contributed by atoms with E-state index in [1.54, 1.807) is 13.4 Å². The highest BCUT2D eigenvalue weighted by atomic mass is 16.7. The van der Waals surface area contributed by atoms with Crippen LogP contribution in [0.1, 0.15) is 59.3 Å². The zero-order chi connectivity index (χ0) is 26.1. The first-order valence-corrected chi connectivity index (χ1v) is 13.7. The van der Waals surface area contributed by atoms with Crippen molar-refractivity contribution in [3.05, 3.63) is 23.5 Å². The maximum absolute atomic E-state index is 13.5. The topological polar surface area (TPSA) is 113 Å². The van der Waals surface area contributed by atoms with Gasteiger partial charge in [0.1, 0.15) is 12.2 Å². The van der Waals surface area contributed by atoms with E-state index in [9.17, 15) is 15.0 Å². The molecule has 9 nitrogen and oxygen atoms in total. The summed E-state index contributed by atoms with van der Waals surface area (Å²) in [6.07, 6.45) is 4.80. The lowest BCUT2D eigenvalue weighted by Gasteiger charge is -2.51. The maximum atomic E-state index is 13.5. The monoisotopic (exact) mass is 520 g/mol. The first-order chi connectivity index (χ1) is 17.6. The molecule has 4 aliphatic heterocycles. The average Bonchev–Trinajstić information content (AvgIpc) is 3.36. The number of carbonyl (C=O) groups is 1. The molecule has 4 fully saturated rings. The summed E-state index contributed by atoms with van der Waals surface area (Å²) in [5.41, 5.74) is 2.03. The molecular formula is C28H40O9. The van der Waals surface area contributed by atoms with Gasteiger partial charge in [-0.3, -0.25) is 4.79 Å². The van der Waals surface area contributed by atoms with Crippen LogP contribution < -0.4 is 0 Å². The summed E-state index contributed by atoms with van der Waals surface area (Å²) in [5, 5.41) is 21.5. The number of rotatable bonds is 3. The third kappa shape index (κ3) is 4.17. The molecule has 6 rings (SSSR count). The van der Waals surface area contributed by atoms with Gasteiger partial charge in [0.25, 0.3) is 0 Å². The van der Waals surface area contributed by atoms with E-state index in [2.05, 4.69) is 6.92 Å². The zero-order valence-corrected chi connectivity index (χ0v) is 22.1. The van der Waals surface area contributed by atoms with Crippen LogP contribution in [0.15, 0.2) is 23.5 Å². The lowest BCUT2D eigenvalue weighted by Crippen LogP contribution is -2.52. The molecule has 0 radical (unpaired) electrons. The highest BCUT2D eigenvalue weighted by Gasteiger charge is 2.59. The summed E-state index contributed by atoms with van der Waals surface area (Å²) in [5.74, 6) is -1.89. The highest BCUT2D eigenvalue weighted by Crippen LogP contribution is 2.57. The molecular weight excluding hydrogens is 480 g/mol. The van der Waals surface area contributed by atoms with Crippen molar-refractivity contribution in [2.75, 3.05) is 13.7 Å². The number of carbonyl (C=O) groups excluding carboxylic acids is 1. The zero-order valence-electron chi connectivity index (χ0n) is 22.1. The molecule has 0 amide bonds.